The van der Waals surface area contributed by atoms with Crippen molar-refractivity contribution in [3.8, 4) is 5.75 Å². The molecular weight excluding hydrogens is 378 g/mol. The zero-order valence-corrected chi connectivity index (χ0v) is 15.1. The van der Waals surface area contributed by atoms with E-state index in [0.29, 0.717) is 17.4 Å². The van der Waals surface area contributed by atoms with Crippen molar-refractivity contribution in [1.82, 2.24) is 5.43 Å². The van der Waals surface area contributed by atoms with Crippen molar-refractivity contribution in [3.63, 3.8) is 0 Å². The third-order valence-electron chi connectivity index (χ3n) is 4.33. The molecule has 0 radical (unpaired) electrons. The van der Waals surface area contributed by atoms with Gasteiger partial charge in [-0.05, 0) is 29.2 Å². The van der Waals surface area contributed by atoms with E-state index in [-0.39, 0.29) is 29.6 Å². The molecule has 0 aromatic heterocycles. The first-order valence-electron chi connectivity index (χ1n) is 8.33. The van der Waals surface area contributed by atoms with Gasteiger partial charge in [-0.1, -0.05) is 30.3 Å². The predicted molar refractivity (Wildman–Crippen MR) is 97.7 cm³/mol. The molecule has 144 valence electrons. The molecular formula is C18H18F2N2O4S. The molecule has 1 heterocycles. The minimum atomic E-state index is -3.05. The van der Waals surface area contributed by atoms with Gasteiger partial charge in [0.25, 0.3) is 0 Å². The summed E-state index contributed by atoms with van der Waals surface area (Å²) in [6.07, 6.45) is 1.75. The minimum Gasteiger partial charge on any atom is -0.434 e. The predicted octanol–water partition coefficient (Wildman–Crippen LogP) is 2.72. The Morgan fingerprint density at radius 1 is 1.30 bits per heavy atom. The van der Waals surface area contributed by atoms with Gasteiger partial charge in [0.05, 0.1) is 17.7 Å². The molecule has 6 nitrogen and oxygen atoms in total. The van der Waals surface area contributed by atoms with E-state index < -0.39 is 22.4 Å². The number of benzene rings is 2. The van der Waals surface area contributed by atoms with Gasteiger partial charge in [-0.3, -0.25) is 4.79 Å². The first-order chi connectivity index (χ1) is 12.8. The first-order valence-corrected chi connectivity index (χ1v) is 10.1. The van der Waals surface area contributed by atoms with Gasteiger partial charge in [0.1, 0.15) is 5.75 Å². The Labute approximate surface area is 155 Å². The molecule has 1 N–H and O–H groups in total. The number of rotatable bonds is 6. The van der Waals surface area contributed by atoms with Crippen molar-refractivity contribution in [2.24, 2.45) is 11.0 Å². The van der Waals surface area contributed by atoms with Crippen LogP contribution in [0.5, 0.6) is 5.75 Å². The smallest absolute Gasteiger partial charge is 0.387 e. The van der Waals surface area contributed by atoms with Crippen LogP contribution in [0.15, 0.2) is 41.5 Å². The van der Waals surface area contributed by atoms with Gasteiger partial charge in [-0.15, -0.1) is 0 Å². The third kappa shape index (κ3) is 5.00. The van der Waals surface area contributed by atoms with E-state index in [9.17, 15) is 22.0 Å². The second kappa shape index (κ2) is 7.99. The first kappa shape index (κ1) is 19.2. The highest BCUT2D eigenvalue weighted by Gasteiger charge is 2.29. The van der Waals surface area contributed by atoms with Gasteiger partial charge < -0.3 is 4.74 Å². The average molecular weight is 396 g/mol. The molecule has 1 fully saturated rings. The van der Waals surface area contributed by atoms with E-state index in [2.05, 4.69) is 15.3 Å². The molecule has 0 aliphatic carbocycles. The fourth-order valence-corrected chi connectivity index (χ4v) is 4.98. The van der Waals surface area contributed by atoms with Crippen LogP contribution >= 0.6 is 0 Å². The van der Waals surface area contributed by atoms with Crippen LogP contribution in [0.25, 0.3) is 10.8 Å². The van der Waals surface area contributed by atoms with E-state index in [1.807, 2.05) is 12.1 Å². The summed E-state index contributed by atoms with van der Waals surface area (Å²) in [6.45, 7) is -2.99. The van der Waals surface area contributed by atoms with Crippen molar-refractivity contribution in [2.45, 2.75) is 19.5 Å². The summed E-state index contributed by atoms with van der Waals surface area (Å²) in [4.78, 5) is 12.0. The molecule has 9 heteroatoms. The number of hydrogen-bond acceptors (Lipinski definition) is 5. The minimum absolute atomic E-state index is 0.000165. The summed E-state index contributed by atoms with van der Waals surface area (Å²) in [6, 6.07) is 10.2. The fourth-order valence-electron chi connectivity index (χ4n) is 3.12. The standard InChI is InChI=1S/C18H18F2N2O4S/c19-18(20)26-16-6-5-13-3-1-2-4-14(13)15(16)10-21-22-17(23)9-12-7-8-27(24,25)11-12/h1-6,10,12,18H,7-9,11H2,(H,22,23)/b21-10-/t12-/m0/s1. The van der Waals surface area contributed by atoms with Crippen LogP contribution in [0.4, 0.5) is 8.78 Å². The third-order valence-corrected chi connectivity index (χ3v) is 6.17. The lowest BCUT2D eigenvalue weighted by Gasteiger charge is -2.11. The number of sulfone groups is 1. The summed E-state index contributed by atoms with van der Waals surface area (Å²) in [7, 11) is -3.05. The van der Waals surface area contributed by atoms with Crippen LogP contribution in [0.2, 0.25) is 0 Å². The number of alkyl halides is 2. The van der Waals surface area contributed by atoms with Crippen LogP contribution in [-0.4, -0.2) is 38.7 Å². The normalized spacial score (nSPS) is 19.0. The van der Waals surface area contributed by atoms with E-state index in [4.69, 9.17) is 0 Å². The lowest BCUT2D eigenvalue weighted by molar-refractivity contribution is -0.121. The Hall–Kier alpha value is -2.55. The lowest BCUT2D eigenvalue weighted by Crippen LogP contribution is -2.21. The average Bonchev–Trinajstić information content (AvgIpc) is 2.94. The van der Waals surface area contributed by atoms with E-state index in [0.717, 1.165) is 5.39 Å². The fraction of sp³-hybridized carbons (Fsp3) is 0.333. The topological polar surface area (TPSA) is 84.8 Å². The van der Waals surface area contributed by atoms with Gasteiger partial charge in [-0.2, -0.15) is 13.9 Å². The molecule has 0 spiro atoms. The van der Waals surface area contributed by atoms with Gasteiger partial charge in [0.2, 0.25) is 5.91 Å². The molecule has 3 rings (SSSR count). The number of ether oxygens (including phenoxy) is 1. The molecule has 2 aromatic rings. The van der Waals surface area contributed by atoms with Crippen molar-refractivity contribution < 1.29 is 26.7 Å². The quantitative estimate of drug-likeness (QED) is 0.601. The highest BCUT2D eigenvalue weighted by atomic mass is 32.2. The molecule has 1 atom stereocenters. The van der Waals surface area contributed by atoms with Gasteiger partial charge >= 0.3 is 6.61 Å². The molecule has 0 saturated carbocycles. The molecule has 0 bridgehead atoms. The second-order valence-electron chi connectivity index (χ2n) is 6.34. The highest BCUT2D eigenvalue weighted by Crippen LogP contribution is 2.28. The number of carbonyl (C=O) groups is 1. The van der Waals surface area contributed by atoms with Gasteiger partial charge in [0, 0.05) is 12.0 Å². The summed E-state index contributed by atoms with van der Waals surface area (Å²) < 4.78 is 52.7. The maximum absolute atomic E-state index is 12.7. The van der Waals surface area contributed by atoms with Crippen molar-refractivity contribution in [2.75, 3.05) is 11.5 Å². The Balaban J connectivity index is 1.73. The maximum Gasteiger partial charge on any atom is 0.387 e. The number of nitrogens with one attached hydrogen (secondary N) is 1. The summed E-state index contributed by atoms with van der Waals surface area (Å²) >= 11 is 0. The van der Waals surface area contributed by atoms with E-state index in [1.54, 1.807) is 18.2 Å². The van der Waals surface area contributed by atoms with Crippen LogP contribution in [-0.2, 0) is 14.6 Å². The Bertz CT molecular complexity index is 976. The Morgan fingerprint density at radius 3 is 2.78 bits per heavy atom. The second-order valence-corrected chi connectivity index (χ2v) is 8.57. The lowest BCUT2D eigenvalue weighted by atomic mass is 10.0. The van der Waals surface area contributed by atoms with Crippen LogP contribution in [0.3, 0.4) is 0 Å². The monoisotopic (exact) mass is 396 g/mol. The van der Waals surface area contributed by atoms with Crippen LogP contribution in [0.1, 0.15) is 18.4 Å². The van der Waals surface area contributed by atoms with Crippen LogP contribution in [0, 0.1) is 5.92 Å². The number of amides is 1. The molecule has 2 aromatic carbocycles. The SMILES string of the molecule is O=C(C[C@@H]1CCS(=O)(=O)C1)N/N=C\c1c(OC(F)F)ccc2ccccc12. The molecule has 1 aliphatic heterocycles. The van der Waals surface area contributed by atoms with E-state index >= 15 is 0 Å². The summed E-state index contributed by atoms with van der Waals surface area (Å²) in [5.41, 5.74) is 2.64. The summed E-state index contributed by atoms with van der Waals surface area (Å²) in [5, 5.41) is 5.30. The molecule has 1 saturated heterocycles. The molecule has 27 heavy (non-hydrogen) atoms. The summed E-state index contributed by atoms with van der Waals surface area (Å²) in [5.74, 6) is -0.604. The van der Waals surface area contributed by atoms with Crippen LogP contribution < -0.4 is 10.2 Å². The number of fused-ring (bicyclic) bond motifs is 1. The molecule has 0 unspecified atom stereocenters. The van der Waals surface area contributed by atoms with Gasteiger partial charge in [0.15, 0.2) is 9.84 Å². The maximum atomic E-state index is 12.7. The Kier molecular flexibility index (Phi) is 5.69. The zero-order valence-electron chi connectivity index (χ0n) is 14.3. The number of hydrazone groups is 1. The van der Waals surface area contributed by atoms with Crippen molar-refractivity contribution >= 4 is 32.7 Å². The largest absolute Gasteiger partial charge is 0.434 e. The highest BCUT2D eigenvalue weighted by molar-refractivity contribution is 7.91. The van der Waals surface area contributed by atoms with Crippen molar-refractivity contribution in [3.05, 3.63) is 42.0 Å². The number of carbonyl (C=O) groups excluding carboxylic acids is 1. The van der Waals surface area contributed by atoms with Crippen molar-refractivity contribution in [1.29, 1.82) is 0 Å². The number of nitrogens with zero attached hydrogens (tertiary/aromatic N) is 1. The Morgan fingerprint density at radius 2 is 2.07 bits per heavy atom. The van der Waals surface area contributed by atoms with Gasteiger partial charge in [-0.25, -0.2) is 13.8 Å². The number of halogens is 2. The molecule has 1 aliphatic rings. The molecule has 1 amide bonds. The zero-order chi connectivity index (χ0) is 19.4. The van der Waals surface area contributed by atoms with E-state index in [1.165, 1.54) is 12.3 Å². The number of hydrogen-bond donors (Lipinski definition) is 1.